The molecule has 0 aromatic heterocycles. The summed E-state index contributed by atoms with van der Waals surface area (Å²) in [6.45, 7) is 4.96. The van der Waals surface area contributed by atoms with Gasteiger partial charge in [0.1, 0.15) is 12.1 Å². The maximum absolute atomic E-state index is 12.1. The Morgan fingerprint density at radius 3 is 2.62 bits per heavy atom. The summed E-state index contributed by atoms with van der Waals surface area (Å²) < 4.78 is 5.21. The van der Waals surface area contributed by atoms with Crippen molar-refractivity contribution in [3.8, 4) is 0 Å². The van der Waals surface area contributed by atoms with E-state index in [1.807, 2.05) is 0 Å². The first-order chi connectivity index (χ1) is 11.2. The Hall–Kier alpha value is -2.57. The molecule has 1 aliphatic heterocycles. The summed E-state index contributed by atoms with van der Waals surface area (Å²) in [6, 6.07) is 5.05. The zero-order valence-electron chi connectivity index (χ0n) is 14.1. The minimum absolute atomic E-state index is 0.205. The summed E-state index contributed by atoms with van der Waals surface area (Å²) >= 11 is 0. The number of amides is 2. The van der Waals surface area contributed by atoms with Crippen LogP contribution in [0.25, 0.3) is 0 Å². The monoisotopic (exact) mass is 334 g/mol. The smallest absolute Gasteiger partial charge is 0.412 e. The van der Waals surface area contributed by atoms with Crippen molar-refractivity contribution in [3.63, 3.8) is 0 Å². The molecule has 1 aromatic rings. The highest BCUT2D eigenvalue weighted by Crippen LogP contribution is 2.29. The van der Waals surface area contributed by atoms with Crippen molar-refractivity contribution >= 4 is 29.3 Å². The zero-order valence-corrected chi connectivity index (χ0v) is 14.1. The topological polar surface area (TPSA) is 95.9 Å². The molecular weight excluding hydrogens is 312 g/mol. The fourth-order valence-corrected chi connectivity index (χ4v) is 2.56. The van der Waals surface area contributed by atoms with Gasteiger partial charge in [-0.05, 0) is 57.4 Å². The molecule has 0 unspecified atom stereocenters. The SMILES string of the molecule is CC(C)(C)OC(=O)Nc1ccc2c(c1)CCCC(=O)N2CC(=O)O. The molecule has 7 heteroatoms. The Morgan fingerprint density at radius 2 is 2.00 bits per heavy atom. The number of benzene rings is 1. The van der Waals surface area contributed by atoms with Crippen LogP contribution < -0.4 is 10.2 Å². The van der Waals surface area contributed by atoms with Gasteiger partial charge in [0.25, 0.3) is 0 Å². The number of aliphatic carboxylic acids is 1. The molecule has 2 rings (SSSR count). The third-order valence-corrected chi connectivity index (χ3v) is 3.45. The molecule has 0 bridgehead atoms. The Bertz CT molecular complexity index is 663. The number of nitrogens with zero attached hydrogens (tertiary/aromatic N) is 1. The highest BCUT2D eigenvalue weighted by atomic mass is 16.6. The highest BCUT2D eigenvalue weighted by Gasteiger charge is 2.24. The predicted molar refractivity (Wildman–Crippen MR) is 89.2 cm³/mol. The van der Waals surface area contributed by atoms with Crippen LogP contribution in [-0.4, -0.2) is 35.2 Å². The summed E-state index contributed by atoms with van der Waals surface area (Å²) in [6.07, 6.45) is 1.02. The first-order valence-electron chi connectivity index (χ1n) is 7.81. The molecule has 7 nitrogen and oxygen atoms in total. The molecule has 0 fully saturated rings. The number of fused-ring (bicyclic) bond motifs is 1. The molecule has 0 spiro atoms. The first-order valence-corrected chi connectivity index (χ1v) is 7.81. The number of carboxylic acid groups (broad SMARTS) is 1. The molecule has 1 heterocycles. The number of ether oxygens (including phenoxy) is 1. The number of aryl methyl sites for hydroxylation is 1. The summed E-state index contributed by atoms with van der Waals surface area (Å²) in [5, 5.41) is 11.7. The molecule has 0 saturated carbocycles. The lowest BCUT2D eigenvalue weighted by atomic mass is 10.1. The van der Waals surface area contributed by atoms with Crippen LogP contribution >= 0.6 is 0 Å². The zero-order chi connectivity index (χ0) is 17.9. The van der Waals surface area contributed by atoms with E-state index in [0.29, 0.717) is 30.6 Å². The Balaban J connectivity index is 2.23. The van der Waals surface area contributed by atoms with Crippen molar-refractivity contribution in [2.75, 3.05) is 16.8 Å². The van der Waals surface area contributed by atoms with Crippen molar-refractivity contribution in [3.05, 3.63) is 23.8 Å². The maximum atomic E-state index is 12.1. The standard InChI is InChI=1S/C17H22N2O5/c1-17(2,3)24-16(23)18-12-7-8-13-11(9-12)5-4-6-14(20)19(13)10-15(21)22/h7-9H,4-6,10H2,1-3H3,(H,18,23)(H,21,22). The number of rotatable bonds is 3. The quantitative estimate of drug-likeness (QED) is 0.886. The van der Waals surface area contributed by atoms with Gasteiger partial charge in [0, 0.05) is 17.8 Å². The minimum Gasteiger partial charge on any atom is -0.480 e. The molecule has 1 aliphatic rings. The van der Waals surface area contributed by atoms with E-state index >= 15 is 0 Å². The second-order valence-electron chi connectivity index (χ2n) is 6.70. The van der Waals surface area contributed by atoms with E-state index in [2.05, 4.69) is 5.32 Å². The van der Waals surface area contributed by atoms with Gasteiger partial charge in [0.2, 0.25) is 5.91 Å². The third-order valence-electron chi connectivity index (χ3n) is 3.45. The maximum Gasteiger partial charge on any atom is 0.412 e. The van der Waals surface area contributed by atoms with Crippen LogP contribution in [0.4, 0.5) is 16.2 Å². The van der Waals surface area contributed by atoms with Crippen molar-refractivity contribution in [2.45, 2.75) is 45.6 Å². The summed E-state index contributed by atoms with van der Waals surface area (Å²) in [5.41, 5.74) is 1.36. The molecule has 0 atom stereocenters. The number of nitrogens with one attached hydrogen (secondary N) is 1. The molecule has 130 valence electrons. The number of hydrogen-bond acceptors (Lipinski definition) is 4. The molecular formula is C17H22N2O5. The number of anilines is 2. The minimum atomic E-state index is -1.06. The Morgan fingerprint density at radius 1 is 1.29 bits per heavy atom. The van der Waals surface area contributed by atoms with Gasteiger partial charge < -0.3 is 14.7 Å². The molecule has 0 saturated heterocycles. The molecule has 1 aromatic carbocycles. The molecule has 2 amide bonds. The van der Waals surface area contributed by atoms with Gasteiger partial charge >= 0.3 is 12.1 Å². The van der Waals surface area contributed by atoms with Crippen molar-refractivity contribution in [1.29, 1.82) is 0 Å². The van der Waals surface area contributed by atoms with Gasteiger partial charge in [-0.1, -0.05) is 0 Å². The summed E-state index contributed by atoms with van der Waals surface area (Å²) in [4.78, 5) is 36.2. The van der Waals surface area contributed by atoms with Crippen molar-refractivity contribution < 1.29 is 24.2 Å². The van der Waals surface area contributed by atoms with Crippen LogP contribution in [0.5, 0.6) is 0 Å². The van der Waals surface area contributed by atoms with E-state index in [-0.39, 0.29) is 12.5 Å². The average Bonchev–Trinajstić information content (AvgIpc) is 2.56. The molecule has 24 heavy (non-hydrogen) atoms. The lowest BCUT2D eigenvalue weighted by Crippen LogP contribution is -2.35. The first kappa shape index (κ1) is 17.8. The van der Waals surface area contributed by atoms with Crippen molar-refractivity contribution in [2.24, 2.45) is 0 Å². The number of carbonyl (C=O) groups is 3. The molecule has 0 radical (unpaired) electrons. The predicted octanol–water partition coefficient (Wildman–Crippen LogP) is 2.79. The summed E-state index contributed by atoms with van der Waals surface area (Å²) in [5.74, 6) is -1.27. The van der Waals surface area contributed by atoms with Gasteiger partial charge in [-0.15, -0.1) is 0 Å². The van der Waals surface area contributed by atoms with E-state index in [4.69, 9.17) is 9.84 Å². The fourth-order valence-electron chi connectivity index (χ4n) is 2.56. The Labute approximate surface area is 140 Å². The van der Waals surface area contributed by atoms with Crippen LogP contribution in [0.3, 0.4) is 0 Å². The van der Waals surface area contributed by atoms with E-state index in [1.165, 1.54) is 4.90 Å². The lowest BCUT2D eigenvalue weighted by Gasteiger charge is -2.22. The largest absolute Gasteiger partial charge is 0.480 e. The summed E-state index contributed by atoms with van der Waals surface area (Å²) in [7, 11) is 0. The van der Waals surface area contributed by atoms with E-state index in [1.54, 1.807) is 39.0 Å². The second-order valence-corrected chi connectivity index (χ2v) is 6.70. The molecule has 0 aliphatic carbocycles. The Kier molecular flexibility index (Phi) is 5.11. The van der Waals surface area contributed by atoms with E-state index in [0.717, 1.165) is 5.56 Å². The van der Waals surface area contributed by atoms with Gasteiger partial charge in [-0.3, -0.25) is 14.9 Å². The highest BCUT2D eigenvalue weighted by molar-refractivity contribution is 5.99. The van der Waals surface area contributed by atoms with Crippen LogP contribution in [0.15, 0.2) is 18.2 Å². The van der Waals surface area contributed by atoms with Crippen LogP contribution in [-0.2, 0) is 20.7 Å². The van der Waals surface area contributed by atoms with Crippen LogP contribution in [0.1, 0.15) is 39.2 Å². The van der Waals surface area contributed by atoms with Gasteiger partial charge in [0.05, 0.1) is 0 Å². The molecule has 2 N–H and O–H groups in total. The number of carboxylic acids is 1. The fraction of sp³-hybridized carbons (Fsp3) is 0.471. The van der Waals surface area contributed by atoms with Crippen LogP contribution in [0.2, 0.25) is 0 Å². The third kappa shape index (κ3) is 4.71. The van der Waals surface area contributed by atoms with Crippen LogP contribution in [0, 0.1) is 0 Å². The van der Waals surface area contributed by atoms with E-state index < -0.39 is 17.7 Å². The van der Waals surface area contributed by atoms with E-state index in [9.17, 15) is 14.4 Å². The lowest BCUT2D eigenvalue weighted by molar-refractivity contribution is -0.136. The number of carbonyl (C=O) groups excluding carboxylic acids is 2. The number of hydrogen-bond donors (Lipinski definition) is 2. The second kappa shape index (κ2) is 6.90. The normalized spacial score (nSPS) is 14.6. The van der Waals surface area contributed by atoms with Gasteiger partial charge in [-0.2, -0.15) is 0 Å². The van der Waals surface area contributed by atoms with Gasteiger partial charge in [-0.25, -0.2) is 4.79 Å². The van der Waals surface area contributed by atoms with Gasteiger partial charge in [0.15, 0.2) is 0 Å². The average molecular weight is 334 g/mol. The van der Waals surface area contributed by atoms with Crippen molar-refractivity contribution in [1.82, 2.24) is 0 Å².